The number of carbonyl (C=O) groups is 1. The van der Waals surface area contributed by atoms with Crippen LogP contribution in [0, 0.1) is 10.1 Å². The minimum Gasteiger partial charge on any atom is -0.412 e. The maximum atomic E-state index is 12.2. The lowest BCUT2D eigenvalue weighted by molar-refractivity contribution is -0.384. The summed E-state index contributed by atoms with van der Waals surface area (Å²) in [4.78, 5) is 22.6. The van der Waals surface area contributed by atoms with Crippen molar-refractivity contribution in [1.29, 1.82) is 0 Å². The number of non-ortho nitro benzene ring substituents is 1. The standard InChI is InChI=1S/C19H14N2O3.H2O/c22-18-11-17(13-5-8-14(9-6-13)21(23)24)16-10-7-12-3-1-2-4-15(12)19(16)20-18;/h1-10,17H,11H2,(H,20,22);1H2. The Labute approximate surface area is 143 Å². The van der Waals surface area contributed by atoms with Gasteiger partial charge in [-0.2, -0.15) is 0 Å². The van der Waals surface area contributed by atoms with Gasteiger partial charge in [-0.3, -0.25) is 14.9 Å². The van der Waals surface area contributed by atoms with Gasteiger partial charge in [-0.25, -0.2) is 0 Å². The average Bonchev–Trinajstić information content (AvgIpc) is 2.61. The Balaban J connectivity index is 0.00000182. The second-order valence-electron chi connectivity index (χ2n) is 5.90. The molecule has 3 aromatic carbocycles. The van der Waals surface area contributed by atoms with Gasteiger partial charge < -0.3 is 10.8 Å². The number of fused-ring (bicyclic) bond motifs is 3. The zero-order valence-corrected chi connectivity index (χ0v) is 13.2. The lowest BCUT2D eigenvalue weighted by atomic mass is 9.83. The molecule has 1 heterocycles. The number of nitro benzene ring substituents is 1. The number of nitrogens with one attached hydrogen (secondary N) is 1. The molecule has 0 radical (unpaired) electrons. The predicted molar refractivity (Wildman–Crippen MR) is 95.7 cm³/mol. The monoisotopic (exact) mass is 336 g/mol. The highest BCUT2D eigenvalue weighted by Crippen LogP contribution is 2.41. The van der Waals surface area contributed by atoms with E-state index in [1.165, 1.54) is 12.1 Å². The van der Waals surface area contributed by atoms with Gasteiger partial charge in [0.05, 0.1) is 10.6 Å². The first-order valence-corrected chi connectivity index (χ1v) is 7.69. The Morgan fingerprint density at radius 1 is 1.00 bits per heavy atom. The van der Waals surface area contributed by atoms with Crippen LogP contribution in [-0.2, 0) is 4.79 Å². The minimum atomic E-state index is -0.418. The third-order valence-electron chi connectivity index (χ3n) is 4.50. The molecular weight excluding hydrogens is 320 g/mol. The van der Waals surface area contributed by atoms with E-state index in [4.69, 9.17) is 0 Å². The zero-order valence-electron chi connectivity index (χ0n) is 13.2. The fourth-order valence-corrected chi connectivity index (χ4v) is 3.33. The quantitative estimate of drug-likeness (QED) is 0.573. The van der Waals surface area contributed by atoms with Gasteiger partial charge in [0.15, 0.2) is 0 Å². The number of amides is 1. The number of carbonyl (C=O) groups excluding carboxylic acids is 1. The molecule has 0 fully saturated rings. The van der Waals surface area contributed by atoms with Gasteiger partial charge in [0, 0.05) is 29.9 Å². The number of nitrogens with zero attached hydrogens (tertiary/aromatic N) is 1. The van der Waals surface area contributed by atoms with Gasteiger partial charge in [-0.1, -0.05) is 48.5 Å². The maximum absolute atomic E-state index is 12.2. The van der Waals surface area contributed by atoms with Crippen molar-refractivity contribution in [1.82, 2.24) is 0 Å². The van der Waals surface area contributed by atoms with Gasteiger partial charge in [0.1, 0.15) is 0 Å². The van der Waals surface area contributed by atoms with E-state index < -0.39 is 4.92 Å². The summed E-state index contributed by atoms with van der Waals surface area (Å²) < 4.78 is 0. The molecular formula is C19H16N2O4. The average molecular weight is 336 g/mol. The van der Waals surface area contributed by atoms with Crippen molar-refractivity contribution in [3.05, 3.63) is 81.9 Å². The van der Waals surface area contributed by atoms with Crippen molar-refractivity contribution < 1.29 is 15.2 Å². The summed E-state index contributed by atoms with van der Waals surface area (Å²) in [6.45, 7) is 0. The Morgan fingerprint density at radius 2 is 1.72 bits per heavy atom. The SMILES string of the molecule is O.O=C1CC(c2ccc([N+](=O)[O-])cc2)c2ccc3ccccc3c2N1. The van der Waals surface area contributed by atoms with Crippen LogP contribution in [0.1, 0.15) is 23.5 Å². The molecule has 3 N–H and O–H groups in total. The van der Waals surface area contributed by atoms with Crippen molar-refractivity contribution in [3.63, 3.8) is 0 Å². The van der Waals surface area contributed by atoms with Crippen molar-refractivity contribution in [3.8, 4) is 0 Å². The van der Waals surface area contributed by atoms with E-state index >= 15 is 0 Å². The van der Waals surface area contributed by atoms with Crippen LogP contribution < -0.4 is 5.32 Å². The molecule has 3 aromatic rings. The van der Waals surface area contributed by atoms with E-state index in [0.29, 0.717) is 6.42 Å². The Bertz CT molecular complexity index is 967. The van der Waals surface area contributed by atoms with E-state index in [0.717, 1.165) is 27.6 Å². The number of anilines is 1. The first-order valence-electron chi connectivity index (χ1n) is 7.69. The summed E-state index contributed by atoms with van der Waals surface area (Å²) in [5.41, 5.74) is 2.85. The summed E-state index contributed by atoms with van der Waals surface area (Å²) in [6.07, 6.45) is 0.336. The third kappa shape index (κ3) is 2.83. The van der Waals surface area contributed by atoms with Crippen LogP contribution in [0.25, 0.3) is 10.8 Å². The molecule has 0 saturated heterocycles. The van der Waals surface area contributed by atoms with Crippen LogP contribution in [0.5, 0.6) is 0 Å². The van der Waals surface area contributed by atoms with Crippen LogP contribution in [0.3, 0.4) is 0 Å². The van der Waals surface area contributed by atoms with Gasteiger partial charge in [0.25, 0.3) is 5.69 Å². The summed E-state index contributed by atoms with van der Waals surface area (Å²) in [7, 11) is 0. The van der Waals surface area contributed by atoms with Crippen molar-refractivity contribution in [2.75, 3.05) is 5.32 Å². The molecule has 1 unspecified atom stereocenters. The number of hydrogen-bond acceptors (Lipinski definition) is 3. The molecule has 0 spiro atoms. The smallest absolute Gasteiger partial charge is 0.269 e. The van der Waals surface area contributed by atoms with E-state index in [-0.39, 0.29) is 23.0 Å². The normalized spacial score (nSPS) is 15.8. The van der Waals surface area contributed by atoms with Crippen molar-refractivity contribution in [2.45, 2.75) is 12.3 Å². The van der Waals surface area contributed by atoms with Crippen LogP contribution in [0.4, 0.5) is 11.4 Å². The van der Waals surface area contributed by atoms with Gasteiger partial charge in [0.2, 0.25) is 5.91 Å². The molecule has 1 aliphatic heterocycles. The first-order chi connectivity index (χ1) is 11.6. The molecule has 1 amide bonds. The van der Waals surface area contributed by atoms with Crippen LogP contribution >= 0.6 is 0 Å². The van der Waals surface area contributed by atoms with E-state index in [1.54, 1.807) is 12.1 Å². The fraction of sp³-hybridized carbons (Fsp3) is 0.105. The van der Waals surface area contributed by atoms with E-state index in [2.05, 4.69) is 5.32 Å². The van der Waals surface area contributed by atoms with Crippen LogP contribution in [-0.4, -0.2) is 16.3 Å². The summed E-state index contributed by atoms with van der Waals surface area (Å²) in [6, 6.07) is 18.4. The molecule has 0 aromatic heterocycles. The molecule has 1 aliphatic rings. The summed E-state index contributed by atoms with van der Waals surface area (Å²) in [5.74, 6) is -0.138. The second-order valence-corrected chi connectivity index (χ2v) is 5.90. The molecule has 1 atom stereocenters. The van der Waals surface area contributed by atoms with Gasteiger partial charge in [-0.05, 0) is 16.5 Å². The van der Waals surface area contributed by atoms with Crippen LogP contribution in [0.15, 0.2) is 60.7 Å². The van der Waals surface area contributed by atoms with Gasteiger partial charge in [-0.15, -0.1) is 0 Å². The molecule has 6 heteroatoms. The van der Waals surface area contributed by atoms with Crippen molar-refractivity contribution in [2.24, 2.45) is 0 Å². The first kappa shape index (κ1) is 16.6. The van der Waals surface area contributed by atoms with Crippen molar-refractivity contribution >= 4 is 28.1 Å². The molecule has 0 aliphatic carbocycles. The summed E-state index contributed by atoms with van der Waals surface area (Å²) in [5, 5.41) is 15.9. The topological polar surface area (TPSA) is 104 Å². The Morgan fingerprint density at radius 3 is 2.44 bits per heavy atom. The largest absolute Gasteiger partial charge is 0.412 e. The fourth-order valence-electron chi connectivity index (χ4n) is 3.33. The molecule has 4 rings (SSSR count). The molecule has 0 bridgehead atoms. The zero-order chi connectivity index (χ0) is 16.7. The lowest BCUT2D eigenvalue weighted by Crippen LogP contribution is -2.23. The lowest BCUT2D eigenvalue weighted by Gasteiger charge is -2.27. The Kier molecular flexibility index (Phi) is 4.21. The van der Waals surface area contributed by atoms with E-state index in [1.807, 2.05) is 36.4 Å². The number of rotatable bonds is 2. The minimum absolute atomic E-state index is 0. The second kappa shape index (κ2) is 6.33. The maximum Gasteiger partial charge on any atom is 0.269 e. The predicted octanol–water partition coefficient (Wildman–Crippen LogP) is 3.40. The highest BCUT2D eigenvalue weighted by atomic mass is 16.6. The molecule has 6 nitrogen and oxygen atoms in total. The number of hydrogen-bond donors (Lipinski definition) is 1. The van der Waals surface area contributed by atoms with E-state index in [9.17, 15) is 14.9 Å². The highest BCUT2D eigenvalue weighted by Gasteiger charge is 2.27. The molecule has 0 saturated carbocycles. The highest BCUT2D eigenvalue weighted by molar-refractivity contribution is 6.06. The Hall–Kier alpha value is -3.25. The third-order valence-corrected chi connectivity index (χ3v) is 4.50. The summed E-state index contributed by atoms with van der Waals surface area (Å²) >= 11 is 0. The number of nitro groups is 1. The molecule has 126 valence electrons. The van der Waals surface area contributed by atoms with Crippen LogP contribution in [0.2, 0.25) is 0 Å². The van der Waals surface area contributed by atoms with Gasteiger partial charge >= 0.3 is 0 Å². The molecule has 25 heavy (non-hydrogen) atoms. The number of benzene rings is 3.